The smallest absolute Gasteiger partial charge is 0.243 e. The molecule has 0 radical (unpaired) electrons. The van der Waals surface area contributed by atoms with Crippen LogP contribution in [-0.2, 0) is 28.3 Å². The lowest BCUT2D eigenvalue weighted by Gasteiger charge is -2.31. The summed E-state index contributed by atoms with van der Waals surface area (Å²) >= 11 is 7.67. The molecule has 1 unspecified atom stereocenters. The molecule has 0 bridgehead atoms. The van der Waals surface area contributed by atoms with Crippen LogP contribution in [0.3, 0.4) is 0 Å². The van der Waals surface area contributed by atoms with E-state index in [0.29, 0.717) is 30.3 Å². The van der Waals surface area contributed by atoms with Gasteiger partial charge in [-0.2, -0.15) is 0 Å². The van der Waals surface area contributed by atoms with Crippen LogP contribution in [0.2, 0.25) is 5.02 Å². The van der Waals surface area contributed by atoms with Crippen molar-refractivity contribution in [1.82, 2.24) is 10.2 Å². The molecule has 1 atom stereocenters. The van der Waals surface area contributed by atoms with E-state index in [2.05, 4.69) is 37.4 Å². The number of thioether (sulfide) groups is 1. The zero-order valence-electron chi connectivity index (χ0n) is 21.1. The van der Waals surface area contributed by atoms with Crippen LogP contribution in [0.25, 0.3) is 0 Å². The Kier molecular flexibility index (Phi) is 11.4. The predicted octanol–water partition coefficient (Wildman–Crippen LogP) is 6.44. The molecule has 0 heterocycles. The maximum atomic E-state index is 13.6. The quantitative estimate of drug-likeness (QED) is 0.263. The topological polar surface area (TPSA) is 49.4 Å². The van der Waals surface area contributed by atoms with Crippen LogP contribution in [0.5, 0.6) is 0 Å². The normalized spacial score (nSPS) is 11.6. The van der Waals surface area contributed by atoms with Crippen molar-refractivity contribution in [3.8, 4) is 0 Å². The number of halogens is 1. The molecular formula is C30H35ClN2O2S. The summed E-state index contributed by atoms with van der Waals surface area (Å²) < 4.78 is 0. The molecule has 0 aromatic heterocycles. The number of nitrogens with zero attached hydrogens (tertiary/aromatic N) is 1. The number of nitrogens with one attached hydrogen (secondary N) is 1. The van der Waals surface area contributed by atoms with Gasteiger partial charge in [0.25, 0.3) is 0 Å². The van der Waals surface area contributed by atoms with Gasteiger partial charge in [-0.3, -0.25) is 9.59 Å². The van der Waals surface area contributed by atoms with Gasteiger partial charge in [0.15, 0.2) is 0 Å². The molecular weight excluding hydrogens is 488 g/mol. The van der Waals surface area contributed by atoms with E-state index in [0.717, 1.165) is 29.7 Å². The molecule has 4 nitrogen and oxygen atoms in total. The van der Waals surface area contributed by atoms with Gasteiger partial charge in [-0.05, 0) is 42.2 Å². The first-order chi connectivity index (χ1) is 17.5. The fourth-order valence-corrected chi connectivity index (χ4v) is 4.97. The monoisotopic (exact) mass is 522 g/mol. The van der Waals surface area contributed by atoms with Crippen molar-refractivity contribution in [2.75, 3.05) is 12.3 Å². The number of unbranched alkanes of at least 4 members (excludes halogenated alkanes) is 1. The first-order valence-electron chi connectivity index (χ1n) is 12.4. The van der Waals surface area contributed by atoms with E-state index in [9.17, 15) is 9.59 Å². The number of hydrogen-bond donors (Lipinski definition) is 1. The Morgan fingerprint density at radius 1 is 0.944 bits per heavy atom. The molecule has 0 aliphatic rings. The largest absolute Gasteiger partial charge is 0.354 e. The fraction of sp³-hybridized carbons (Fsp3) is 0.333. The first kappa shape index (κ1) is 27.8. The third-order valence-electron chi connectivity index (χ3n) is 5.94. The summed E-state index contributed by atoms with van der Waals surface area (Å²) in [7, 11) is 0. The molecule has 3 rings (SSSR count). The number of hydrogen-bond acceptors (Lipinski definition) is 3. The minimum atomic E-state index is -0.605. The molecule has 0 spiro atoms. The zero-order valence-corrected chi connectivity index (χ0v) is 22.7. The average molecular weight is 523 g/mol. The number of rotatable bonds is 13. The second kappa shape index (κ2) is 14.7. The lowest BCUT2D eigenvalue weighted by Crippen LogP contribution is -2.51. The molecule has 0 saturated heterocycles. The summed E-state index contributed by atoms with van der Waals surface area (Å²) in [5.41, 5.74) is 4.36. The summed E-state index contributed by atoms with van der Waals surface area (Å²) in [6.45, 7) is 5.11. The van der Waals surface area contributed by atoms with Crippen LogP contribution in [0.4, 0.5) is 0 Å². The highest BCUT2D eigenvalue weighted by molar-refractivity contribution is 7.99. The van der Waals surface area contributed by atoms with E-state index in [-0.39, 0.29) is 11.8 Å². The van der Waals surface area contributed by atoms with E-state index in [1.54, 1.807) is 16.7 Å². The zero-order chi connectivity index (χ0) is 25.8. The van der Waals surface area contributed by atoms with E-state index >= 15 is 0 Å². The highest BCUT2D eigenvalue weighted by atomic mass is 35.5. The van der Waals surface area contributed by atoms with Crippen molar-refractivity contribution in [3.63, 3.8) is 0 Å². The van der Waals surface area contributed by atoms with Crippen molar-refractivity contribution in [2.24, 2.45) is 0 Å². The van der Waals surface area contributed by atoms with Gasteiger partial charge in [0.1, 0.15) is 6.04 Å². The van der Waals surface area contributed by atoms with E-state index < -0.39 is 6.04 Å². The van der Waals surface area contributed by atoms with Crippen LogP contribution >= 0.6 is 23.4 Å². The lowest BCUT2D eigenvalue weighted by molar-refractivity contribution is -0.139. The van der Waals surface area contributed by atoms with Gasteiger partial charge < -0.3 is 10.2 Å². The van der Waals surface area contributed by atoms with Crippen molar-refractivity contribution in [2.45, 2.75) is 51.4 Å². The second-order valence-electron chi connectivity index (χ2n) is 8.98. The van der Waals surface area contributed by atoms with E-state index in [1.165, 1.54) is 11.1 Å². The predicted molar refractivity (Wildman–Crippen MR) is 151 cm³/mol. The maximum Gasteiger partial charge on any atom is 0.243 e. The van der Waals surface area contributed by atoms with Crippen LogP contribution in [0.15, 0.2) is 78.9 Å². The molecule has 2 amide bonds. The molecule has 0 aliphatic carbocycles. The number of carbonyl (C=O) groups excluding carboxylic acids is 2. The Balaban J connectivity index is 1.82. The van der Waals surface area contributed by atoms with Crippen LogP contribution in [0, 0.1) is 6.92 Å². The van der Waals surface area contributed by atoms with E-state index in [1.807, 2.05) is 60.7 Å². The van der Waals surface area contributed by atoms with Crippen molar-refractivity contribution >= 4 is 35.2 Å². The Labute approximate surface area is 224 Å². The van der Waals surface area contributed by atoms with Gasteiger partial charge in [0, 0.05) is 30.3 Å². The number of carbonyl (C=O) groups is 2. The second-order valence-corrected chi connectivity index (χ2v) is 10.4. The molecule has 3 aromatic carbocycles. The Morgan fingerprint density at radius 2 is 1.67 bits per heavy atom. The van der Waals surface area contributed by atoms with Gasteiger partial charge >= 0.3 is 0 Å². The Hall–Kier alpha value is -2.76. The first-order valence-corrected chi connectivity index (χ1v) is 14.0. The van der Waals surface area contributed by atoms with Gasteiger partial charge in [-0.25, -0.2) is 0 Å². The number of aryl methyl sites for hydroxylation is 1. The van der Waals surface area contributed by atoms with Crippen LogP contribution < -0.4 is 5.32 Å². The minimum Gasteiger partial charge on any atom is -0.354 e. The molecule has 36 heavy (non-hydrogen) atoms. The van der Waals surface area contributed by atoms with Crippen LogP contribution in [-0.4, -0.2) is 35.1 Å². The molecule has 3 aromatic rings. The molecule has 1 N–H and O–H groups in total. The molecule has 0 saturated carbocycles. The lowest BCUT2D eigenvalue weighted by atomic mass is 10.0. The summed E-state index contributed by atoms with van der Waals surface area (Å²) in [4.78, 5) is 28.8. The molecule has 190 valence electrons. The van der Waals surface area contributed by atoms with Crippen molar-refractivity contribution in [3.05, 3.63) is 106 Å². The van der Waals surface area contributed by atoms with Gasteiger partial charge in [0.05, 0.1) is 5.75 Å². The highest BCUT2D eigenvalue weighted by Gasteiger charge is 2.30. The van der Waals surface area contributed by atoms with Gasteiger partial charge in [-0.15, -0.1) is 11.8 Å². The van der Waals surface area contributed by atoms with Crippen LogP contribution in [0.1, 0.15) is 42.0 Å². The summed E-state index contributed by atoms with van der Waals surface area (Å²) in [6, 6.07) is 25.1. The maximum absolute atomic E-state index is 13.6. The summed E-state index contributed by atoms with van der Waals surface area (Å²) in [5, 5.41) is 3.70. The van der Waals surface area contributed by atoms with Gasteiger partial charge in [0.2, 0.25) is 11.8 Å². The Bertz CT molecular complexity index is 1110. The SMILES string of the molecule is CCCCNC(=O)C(Cc1ccccc1)N(Cc1ccc(Cl)cc1)C(=O)CSCc1cccc(C)c1. The van der Waals surface area contributed by atoms with Crippen molar-refractivity contribution < 1.29 is 9.59 Å². The summed E-state index contributed by atoms with van der Waals surface area (Å²) in [5.74, 6) is 0.885. The standard InChI is InChI=1S/C30H35ClN2O2S/c1-3-4-17-32-30(35)28(19-24-10-6-5-7-11-24)33(20-25-13-15-27(31)16-14-25)29(34)22-36-21-26-12-8-9-23(2)18-26/h5-16,18,28H,3-4,17,19-22H2,1-2H3,(H,32,35). The fourth-order valence-electron chi connectivity index (χ4n) is 3.99. The summed E-state index contributed by atoms with van der Waals surface area (Å²) in [6.07, 6.45) is 2.36. The van der Waals surface area contributed by atoms with E-state index in [4.69, 9.17) is 11.6 Å². The molecule has 6 heteroatoms. The highest BCUT2D eigenvalue weighted by Crippen LogP contribution is 2.20. The third-order valence-corrected chi connectivity index (χ3v) is 7.18. The molecule has 0 fully saturated rings. The van der Waals surface area contributed by atoms with Crippen molar-refractivity contribution in [1.29, 1.82) is 0 Å². The Morgan fingerprint density at radius 3 is 2.36 bits per heavy atom. The average Bonchev–Trinajstić information content (AvgIpc) is 2.88. The molecule has 0 aliphatic heterocycles. The minimum absolute atomic E-state index is 0.0471. The number of amides is 2. The van der Waals surface area contributed by atoms with Gasteiger partial charge in [-0.1, -0.05) is 97.2 Å². The number of benzene rings is 3. The third kappa shape index (κ3) is 9.03.